The molecule has 2 aromatic carbocycles. The van der Waals surface area contributed by atoms with Crippen molar-refractivity contribution in [2.75, 3.05) is 0 Å². The molecule has 0 aliphatic carbocycles. The van der Waals surface area contributed by atoms with Gasteiger partial charge in [-0.15, -0.1) is 13.2 Å². The normalized spacial score (nSPS) is 11.3. The minimum atomic E-state index is -4.70. The van der Waals surface area contributed by atoms with Crippen molar-refractivity contribution in [3.05, 3.63) is 58.1 Å². The maximum atomic E-state index is 12.2. The van der Waals surface area contributed by atoms with Gasteiger partial charge in [0.15, 0.2) is 0 Å². The summed E-state index contributed by atoms with van der Waals surface area (Å²) in [7, 11) is 0. The van der Waals surface area contributed by atoms with Gasteiger partial charge in [-0.25, -0.2) is 0 Å². The number of ether oxygens (including phenoxy) is 2. The second kappa shape index (κ2) is 7.37. The zero-order valence-corrected chi connectivity index (χ0v) is 14.3. The van der Waals surface area contributed by atoms with Gasteiger partial charge in [0.2, 0.25) is 0 Å². The van der Waals surface area contributed by atoms with Gasteiger partial charge in [0, 0.05) is 15.4 Å². The number of hydrogen-bond acceptors (Lipinski definition) is 2. The third-order valence-corrected chi connectivity index (χ3v) is 3.85. The summed E-state index contributed by atoms with van der Waals surface area (Å²) in [5, 5.41) is 0.359. The number of benzene rings is 2. The van der Waals surface area contributed by atoms with Crippen molar-refractivity contribution < 1.29 is 22.6 Å². The number of rotatable bonds is 5. The van der Waals surface area contributed by atoms with Crippen molar-refractivity contribution in [2.45, 2.75) is 18.3 Å². The van der Waals surface area contributed by atoms with Crippen LogP contribution in [0.1, 0.15) is 11.1 Å². The summed E-state index contributed by atoms with van der Waals surface area (Å²) in [5.41, 5.74) is 1.54. The lowest BCUT2D eigenvalue weighted by atomic mass is 10.2. The summed E-state index contributed by atoms with van der Waals surface area (Å²) in [4.78, 5) is 0. The van der Waals surface area contributed by atoms with Crippen LogP contribution < -0.4 is 9.47 Å². The van der Waals surface area contributed by atoms with Crippen LogP contribution in [0.2, 0.25) is 0 Å². The number of halogens is 5. The molecule has 118 valence electrons. The standard InChI is InChI=1S/C15H11Br2F3O2/c16-8-11-7-13(22-15(18,19)20)5-6-14(11)21-9-10-1-3-12(17)4-2-10/h1-7H,8-9H2. The highest BCUT2D eigenvalue weighted by atomic mass is 79.9. The summed E-state index contributed by atoms with van der Waals surface area (Å²) >= 11 is 6.58. The lowest BCUT2D eigenvalue weighted by Gasteiger charge is -2.13. The highest BCUT2D eigenvalue weighted by molar-refractivity contribution is 9.10. The van der Waals surface area contributed by atoms with E-state index in [-0.39, 0.29) is 5.75 Å². The molecule has 2 rings (SSSR count). The minimum Gasteiger partial charge on any atom is -0.489 e. The van der Waals surface area contributed by atoms with Gasteiger partial charge in [0.05, 0.1) is 0 Å². The lowest BCUT2D eigenvalue weighted by Crippen LogP contribution is -2.17. The second-order valence-electron chi connectivity index (χ2n) is 4.37. The summed E-state index contributed by atoms with van der Waals surface area (Å²) in [6, 6.07) is 11.6. The van der Waals surface area contributed by atoms with E-state index in [2.05, 4.69) is 36.6 Å². The zero-order valence-electron chi connectivity index (χ0n) is 11.2. The Kier molecular flexibility index (Phi) is 5.74. The smallest absolute Gasteiger partial charge is 0.489 e. The fourth-order valence-electron chi connectivity index (χ4n) is 1.74. The molecule has 2 aromatic rings. The molecule has 0 aliphatic heterocycles. The Morgan fingerprint density at radius 3 is 2.27 bits per heavy atom. The molecule has 22 heavy (non-hydrogen) atoms. The van der Waals surface area contributed by atoms with E-state index >= 15 is 0 Å². The first kappa shape index (κ1) is 17.1. The third kappa shape index (κ3) is 5.21. The molecular formula is C15H11Br2F3O2. The molecule has 0 aromatic heterocycles. The molecule has 0 aliphatic rings. The fourth-order valence-corrected chi connectivity index (χ4v) is 2.44. The van der Waals surface area contributed by atoms with Crippen LogP contribution in [-0.4, -0.2) is 6.36 Å². The fraction of sp³-hybridized carbons (Fsp3) is 0.200. The van der Waals surface area contributed by atoms with Gasteiger partial charge in [0.25, 0.3) is 0 Å². The summed E-state index contributed by atoms with van der Waals surface area (Å²) in [6.07, 6.45) is -4.70. The average Bonchev–Trinajstić information content (AvgIpc) is 2.46. The number of hydrogen-bond donors (Lipinski definition) is 0. The zero-order chi connectivity index (χ0) is 16.2. The van der Waals surface area contributed by atoms with Crippen molar-refractivity contribution in [3.63, 3.8) is 0 Å². The minimum absolute atomic E-state index is 0.266. The first-order valence-corrected chi connectivity index (χ1v) is 8.11. The van der Waals surface area contributed by atoms with Gasteiger partial charge < -0.3 is 9.47 Å². The predicted octanol–water partition coefficient (Wildman–Crippen LogP) is 5.82. The van der Waals surface area contributed by atoms with Crippen molar-refractivity contribution in [1.82, 2.24) is 0 Å². The highest BCUT2D eigenvalue weighted by Crippen LogP contribution is 2.30. The SMILES string of the molecule is FC(F)(F)Oc1ccc(OCc2ccc(Br)cc2)c(CBr)c1. The quantitative estimate of drug-likeness (QED) is 0.546. The van der Waals surface area contributed by atoms with Gasteiger partial charge in [-0.05, 0) is 35.9 Å². The molecule has 0 radical (unpaired) electrons. The highest BCUT2D eigenvalue weighted by Gasteiger charge is 2.31. The monoisotopic (exact) mass is 438 g/mol. The van der Waals surface area contributed by atoms with E-state index in [0.29, 0.717) is 23.2 Å². The molecule has 0 saturated heterocycles. The topological polar surface area (TPSA) is 18.5 Å². The van der Waals surface area contributed by atoms with E-state index < -0.39 is 6.36 Å². The van der Waals surface area contributed by atoms with Crippen LogP contribution >= 0.6 is 31.9 Å². The van der Waals surface area contributed by atoms with Crippen LogP contribution in [0.5, 0.6) is 11.5 Å². The van der Waals surface area contributed by atoms with Gasteiger partial charge in [0.1, 0.15) is 18.1 Å². The van der Waals surface area contributed by atoms with Crippen LogP contribution in [0, 0.1) is 0 Å². The predicted molar refractivity (Wildman–Crippen MR) is 84.2 cm³/mol. The maximum absolute atomic E-state index is 12.2. The maximum Gasteiger partial charge on any atom is 0.573 e. The van der Waals surface area contributed by atoms with Gasteiger partial charge in [-0.1, -0.05) is 44.0 Å². The van der Waals surface area contributed by atoms with E-state index in [1.54, 1.807) is 0 Å². The van der Waals surface area contributed by atoms with Crippen molar-refractivity contribution >= 4 is 31.9 Å². The van der Waals surface area contributed by atoms with Crippen molar-refractivity contribution in [1.29, 1.82) is 0 Å². The molecule has 0 spiro atoms. The van der Waals surface area contributed by atoms with Crippen LogP contribution in [0.3, 0.4) is 0 Å². The van der Waals surface area contributed by atoms with Crippen LogP contribution in [0.15, 0.2) is 46.9 Å². The summed E-state index contributed by atoms with van der Waals surface area (Å²) < 4.78 is 47.1. The van der Waals surface area contributed by atoms with Gasteiger partial charge >= 0.3 is 6.36 Å². The molecule has 0 N–H and O–H groups in total. The van der Waals surface area contributed by atoms with E-state index in [4.69, 9.17) is 4.74 Å². The molecule has 0 bridgehead atoms. The van der Waals surface area contributed by atoms with E-state index in [1.807, 2.05) is 24.3 Å². The van der Waals surface area contributed by atoms with E-state index in [1.165, 1.54) is 18.2 Å². The van der Waals surface area contributed by atoms with Crippen molar-refractivity contribution in [3.8, 4) is 11.5 Å². The summed E-state index contributed by atoms with van der Waals surface area (Å²) in [6.45, 7) is 0.326. The van der Waals surface area contributed by atoms with Crippen LogP contribution in [-0.2, 0) is 11.9 Å². The van der Waals surface area contributed by atoms with Gasteiger partial charge in [-0.2, -0.15) is 0 Å². The Balaban J connectivity index is 2.08. The first-order chi connectivity index (χ1) is 10.4. The number of alkyl halides is 4. The van der Waals surface area contributed by atoms with Crippen LogP contribution in [0.4, 0.5) is 13.2 Å². The van der Waals surface area contributed by atoms with E-state index in [9.17, 15) is 13.2 Å². The van der Waals surface area contributed by atoms with Crippen molar-refractivity contribution in [2.24, 2.45) is 0 Å². The largest absolute Gasteiger partial charge is 0.573 e. The Labute approximate surface area is 142 Å². The Morgan fingerprint density at radius 2 is 1.68 bits per heavy atom. The molecule has 0 amide bonds. The molecule has 0 fully saturated rings. The Morgan fingerprint density at radius 1 is 1.00 bits per heavy atom. The molecule has 0 heterocycles. The molecule has 0 atom stereocenters. The third-order valence-electron chi connectivity index (χ3n) is 2.72. The molecular weight excluding hydrogens is 429 g/mol. The average molecular weight is 440 g/mol. The Bertz CT molecular complexity index is 628. The summed E-state index contributed by atoms with van der Waals surface area (Å²) in [5.74, 6) is 0.243. The molecule has 7 heteroatoms. The van der Waals surface area contributed by atoms with Crippen LogP contribution in [0.25, 0.3) is 0 Å². The molecule has 2 nitrogen and oxygen atoms in total. The first-order valence-electron chi connectivity index (χ1n) is 6.19. The van der Waals surface area contributed by atoms with Gasteiger partial charge in [-0.3, -0.25) is 0 Å². The molecule has 0 saturated carbocycles. The molecule has 0 unspecified atom stereocenters. The second-order valence-corrected chi connectivity index (χ2v) is 5.84. The Hall–Kier alpha value is -1.21. The lowest BCUT2D eigenvalue weighted by molar-refractivity contribution is -0.274. The van der Waals surface area contributed by atoms with E-state index in [0.717, 1.165) is 10.0 Å².